The predicted molar refractivity (Wildman–Crippen MR) is 84.2 cm³/mol. The molecule has 0 aliphatic rings. The summed E-state index contributed by atoms with van der Waals surface area (Å²) >= 11 is 12.2. The number of hydrogen-bond acceptors (Lipinski definition) is 4. The van der Waals surface area contributed by atoms with Crippen molar-refractivity contribution in [2.75, 3.05) is 24.8 Å². The van der Waals surface area contributed by atoms with Gasteiger partial charge in [0, 0.05) is 19.8 Å². The molecule has 0 spiro atoms. The largest absolute Gasteiger partial charge is 0.380 e. The minimum absolute atomic E-state index is 0.464. The first kappa shape index (κ1) is 14.9. The zero-order valence-corrected chi connectivity index (χ0v) is 12.7. The van der Waals surface area contributed by atoms with Crippen molar-refractivity contribution < 1.29 is 4.74 Å². The van der Waals surface area contributed by atoms with E-state index in [0.29, 0.717) is 28.3 Å². The van der Waals surface area contributed by atoms with Crippen molar-refractivity contribution in [1.29, 1.82) is 0 Å². The average molecular weight is 312 g/mol. The van der Waals surface area contributed by atoms with Gasteiger partial charge in [0.1, 0.15) is 5.82 Å². The summed E-state index contributed by atoms with van der Waals surface area (Å²) in [5, 5.41) is 7.04. The van der Waals surface area contributed by atoms with Crippen LogP contribution in [0.25, 0.3) is 0 Å². The molecule has 20 heavy (non-hydrogen) atoms. The summed E-state index contributed by atoms with van der Waals surface area (Å²) in [7, 11) is 3.42. The first-order valence-electron chi connectivity index (χ1n) is 6.02. The highest BCUT2D eigenvalue weighted by Gasteiger charge is 2.08. The standard InChI is InChI=1S/C14H15Cl2N3O/c1-17-13-11(15)7-12(16)14(19-13)18-10-5-3-4-9(6-10)8-20-2/h3-7H,8H2,1-2H3,(H2,17,18,19). The highest BCUT2D eigenvalue weighted by atomic mass is 35.5. The molecule has 0 saturated heterocycles. The fourth-order valence-corrected chi connectivity index (χ4v) is 2.27. The van der Waals surface area contributed by atoms with Crippen molar-refractivity contribution >= 4 is 40.5 Å². The van der Waals surface area contributed by atoms with Gasteiger partial charge in [0.2, 0.25) is 0 Å². The number of halogens is 2. The molecule has 0 radical (unpaired) electrons. The Kier molecular flexibility index (Phi) is 5.06. The van der Waals surface area contributed by atoms with E-state index in [-0.39, 0.29) is 0 Å². The van der Waals surface area contributed by atoms with E-state index in [1.807, 2.05) is 24.3 Å². The van der Waals surface area contributed by atoms with Crippen molar-refractivity contribution in [1.82, 2.24) is 4.98 Å². The third-order valence-electron chi connectivity index (χ3n) is 2.67. The van der Waals surface area contributed by atoms with E-state index in [1.54, 1.807) is 20.2 Å². The van der Waals surface area contributed by atoms with Crippen LogP contribution in [0.15, 0.2) is 30.3 Å². The molecule has 1 aromatic carbocycles. The number of ether oxygens (including phenoxy) is 1. The number of aromatic nitrogens is 1. The summed E-state index contributed by atoms with van der Waals surface area (Å²) in [4.78, 5) is 4.34. The van der Waals surface area contributed by atoms with Gasteiger partial charge in [-0.25, -0.2) is 4.98 Å². The Morgan fingerprint density at radius 2 is 1.90 bits per heavy atom. The molecule has 0 bridgehead atoms. The Balaban J connectivity index is 2.27. The van der Waals surface area contributed by atoms with E-state index in [4.69, 9.17) is 27.9 Å². The molecule has 106 valence electrons. The molecule has 0 fully saturated rings. The fourth-order valence-electron chi connectivity index (χ4n) is 1.77. The smallest absolute Gasteiger partial charge is 0.151 e. The number of pyridine rings is 1. The SMILES string of the molecule is CNc1nc(Nc2cccc(COC)c2)c(Cl)cc1Cl. The van der Waals surface area contributed by atoms with Crippen molar-refractivity contribution in [3.05, 3.63) is 45.9 Å². The first-order chi connectivity index (χ1) is 9.63. The Morgan fingerprint density at radius 3 is 2.60 bits per heavy atom. The monoisotopic (exact) mass is 311 g/mol. The molecule has 4 nitrogen and oxygen atoms in total. The number of methoxy groups -OCH3 is 1. The summed E-state index contributed by atoms with van der Waals surface area (Å²) in [6.07, 6.45) is 0. The second-order valence-corrected chi connectivity index (χ2v) is 4.97. The minimum atomic E-state index is 0.464. The van der Waals surface area contributed by atoms with Gasteiger partial charge in [-0.1, -0.05) is 35.3 Å². The molecule has 0 amide bonds. The Hall–Kier alpha value is -1.49. The number of hydrogen-bond donors (Lipinski definition) is 2. The molecule has 0 unspecified atom stereocenters. The first-order valence-corrected chi connectivity index (χ1v) is 6.78. The van der Waals surface area contributed by atoms with Crippen molar-refractivity contribution in [2.24, 2.45) is 0 Å². The molecule has 1 heterocycles. The molecule has 6 heteroatoms. The summed E-state index contributed by atoms with van der Waals surface area (Å²) in [5.74, 6) is 1.13. The average Bonchev–Trinajstić information content (AvgIpc) is 2.43. The molecule has 0 atom stereocenters. The van der Waals surface area contributed by atoms with Crippen LogP contribution in [0.5, 0.6) is 0 Å². The topological polar surface area (TPSA) is 46.2 Å². The van der Waals surface area contributed by atoms with Gasteiger partial charge in [-0.3, -0.25) is 0 Å². The van der Waals surface area contributed by atoms with Crippen molar-refractivity contribution in [2.45, 2.75) is 6.61 Å². The van der Waals surface area contributed by atoms with Gasteiger partial charge in [-0.15, -0.1) is 0 Å². The number of benzene rings is 1. The highest BCUT2D eigenvalue weighted by molar-refractivity contribution is 6.37. The Labute approximate surface area is 128 Å². The zero-order chi connectivity index (χ0) is 14.5. The van der Waals surface area contributed by atoms with Gasteiger partial charge in [0.15, 0.2) is 5.82 Å². The van der Waals surface area contributed by atoms with Crippen LogP contribution < -0.4 is 10.6 Å². The molecule has 2 N–H and O–H groups in total. The summed E-state index contributed by atoms with van der Waals surface area (Å²) < 4.78 is 5.11. The molecule has 0 aliphatic carbocycles. The van der Waals surface area contributed by atoms with Crippen LogP contribution >= 0.6 is 23.2 Å². The van der Waals surface area contributed by atoms with Crippen LogP contribution in [0.1, 0.15) is 5.56 Å². The Morgan fingerprint density at radius 1 is 1.15 bits per heavy atom. The van der Waals surface area contributed by atoms with Crippen molar-refractivity contribution in [3.8, 4) is 0 Å². The molecule has 2 rings (SSSR count). The maximum Gasteiger partial charge on any atom is 0.151 e. The highest BCUT2D eigenvalue weighted by Crippen LogP contribution is 2.30. The molecule has 0 saturated carbocycles. The quantitative estimate of drug-likeness (QED) is 0.863. The fraction of sp³-hybridized carbons (Fsp3) is 0.214. The lowest BCUT2D eigenvalue weighted by atomic mass is 10.2. The maximum atomic E-state index is 6.15. The van der Waals surface area contributed by atoms with Crippen LogP contribution in [0.2, 0.25) is 10.0 Å². The van der Waals surface area contributed by atoms with Crippen LogP contribution in [0, 0.1) is 0 Å². The maximum absolute atomic E-state index is 6.15. The van der Waals surface area contributed by atoms with Crippen LogP contribution in [0.3, 0.4) is 0 Å². The molecule has 1 aromatic heterocycles. The summed E-state index contributed by atoms with van der Waals surface area (Å²) in [6.45, 7) is 0.555. The van der Waals surface area contributed by atoms with E-state index >= 15 is 0 Å². The van der Waals surface area contributed by atoms with Gasteiger partial charge in [0.25, 0.3) is 0 Å². The molecule has 2 aromatic rings. The zero-order valence-electron chi connectivity index (χ0n) is 11.2. The predicted octanol–water partition coefficient (Wildman–Crippen LogP) is 4.32. The third kappa shape index (κ3) is 3.54. The van der Waals surface area contributed by atoms with Crippen LogP contribution in [-0.2, 0) is 11.3 Å². The summed E-state index contributed by atoms with van der Waals surface area (Å²) in [5.41, 5.74) is 1.95. The molecule has 0 aliphatic heterocycles. The second kappa shape index (κ2) is 6.79. The van der Waals surface area contributed by atoms with E-state index in [9.17, 15) is 0 Å². The number of nitrogens with zero attached hydrogens (tertiary/aromatic N) is 1. The number of anilines is 3. The third-order valence-corrected chi connectivity index (χ3v) is 3.24. The van der Waals surface area contributed by atoms with Gasteiger partial charge in [-0.05, 0) is 23.8 Å². The van der Waals surface area contributed by atoms with Crippen LogP contribution in [0.4, 0.5) is 17.3 Å². The lowest BCUT2D eigenvalue weighted by Gasteiger charge is -2.11. The molecular formula is C14H15Cl2N3O. The van der Waals surface area contributed by atoms with Gasteiger partial charge in [0.05, 0.1) is 16.7 Å². The van der Waals surface area contributed by atoms with Gasteiger partial charge >= 0.3 is 0 Å². The molecular weight excluding hydrogens is 297 g/mol. The normalized spacial score (nSPS) is 10.4. The Bertz CT molecular complexity index is 605. The number of rotatable bonds is 5. The van der Waals surface area contributed by atoms with Gasteiger partial charge < -0.3 is 15.4 Å². The van der Waals surface area contributed by atoms with Crippen molar-refractivity contribution in [3.63, 3.8) is 0 Å². The summed E-state index contributed by atoms with van der Waals surface area (Å²) in [6, 6.07) is 9.51. The lowest BCUT2D eigenvalue weighted by molar-refractivity contribution is 0.185. The lowest BCUT2D eigenvalue weighted by Crippen LogP contribution is -2.00. The second-order valence-electron chi connectivity index (χ2n) is 4.16. The van der Waals surface area contributed by atoms with E-state index in [0.717, 1.165) is 11.3 Å². The van der Waals surface area contributed by atoms with E-state index in [2.05, 4.69) is 15.6 Å². The van der Waals surface area contributed by atoms with Gasteiger partial charge in [-0.2, -0.15) is 0 Å². The number of nitrogens with one attached hydrogen (secondary N) is 2. The van der Waals surface area contributed by atoms with E-state index in [1.165, 1.54) is 0 Å². The van der Waals surface area contributed by atoms with E-state index < -0.39 is 0 Å². The minimum Gasteiger partial charge on any atom is -0.380 e. The van der Waals surface area contributed by atoms with Crippen LogP contribution in [-0.4, -0.2) is 19.1 Å².